The van der Waals surface area contributed by atoms with Gasteiger partial charge in [0.05, 0.1) is 17.5 Å². The number of hydrogen-bond donors (Lipinski definition) is 1. The lowest BCUT2D eigenvalue weighted by atomic mass is 9.95. The van der Waals surface area contributed by atoms with Crippen LogP contribution in [0.5, 0.6) is 0 Å². The number of carbonyl (C=O) groups excluding carboxylic acids is 2. The highest BCUT2D eigenvalue weighted by Crippen LogP contribution is 2.34. The molecule has 5 nitrogen and oxygen atoms in total. The molecule has 1 aromatic heterocycles. The Balaban J connectivity index is 1.66. The Bertz CT molecular complexity index is 867. The summed E-state index contributed by atoms with van der Waals surface area (Å²) in [5.41, 5.74) is 3.97. The van der Waals surface area contributed by atoms with Gasteiger partial charge in [-0.2, -0.15) is 0 Å². The van der Waals surface area contributed by atoms with Gasteiger partial charge in [0, 0.05) is 24.2 Å². The average molecular weight is 414 g/mol. The van der Waals surface area contributed by atoms with Crippen molar-refractivity contribution in [2.24, 2.45) is 0 Å². The molecule has 0 saturated heterocycles. The van der Waals surface area contributed by atoms with E-state index >= 15 is 0 Å². The molecule has 1 amide bonds. The molecule has 1 N–H and O–H groups in total. The van der Waals surface area contributed by atoms with Crippen LogP contribution in [0.15, 0.2) is 29.4 Å². The Morgan fingerprint density at radius 2 is 1.83 bits per heavy atom. The molecule has 0 bridgehead atoms. The van der Waals surface area contributed by atoms with Gasteiger partial charge in [0.15, 0.2) is 10.9 Å². The van der Waals surface area contributed by atoms with E-state index in [0.29, 0.717) is 17.4 Å². The van der Waals surface area contributed by atoms with Gasteiger partial charge in [-0.3, -0.25) is 9.59 Å². The molecule has 156 valence electrons. The number of aryl methyl sites for hydroxylation is 1. The SMILES string of the molecule is CC(=O)NC(C)c1ccc(C(=O)CSc2nc(C)c(C)n2C2CCCCC2)cc1. The van der Waals surface area contributed by atoms with Crippen LogP contribution in [0, 0.1) is 13.8 Å². The highest BCUT2D eigenvalue weighted by atomic mass is 32.2. The van der Waals surface area contributed by atoms with Crippen molar-refractivity contribution in [1.82, 2.24) is 14.9 Å². The van der Waals surface area contributed by atoms with Crippen molar-refractivity contribution in [3.63, 3.8) is 0 Å². The number of ketones is 1. The third-order valence-corrected chi connectivity index (χ3v) is 6.73. The van der Waals surface area contributed by atoms with E-state index in [0.717, 1.165) is 16.4 Å². The molecule has 0 spiro atoms. The molecular weight excluding hydrogens is 382 g/mol. The van der Waals surface area contributed by atoms with E-state index in [-0.39, 0.29) is 17.7 Å². The second kappa shape index (κ2) is 9.61. The third-order valence-electron chi connectivity index (χ3n) is 5.78. The van der Waals surface area contributed by atoms with Gasteiger partial charge in [-0.05, 0) is 39.2 Å². The van der Waals surface area contributed by atoms with E-state index < -0.39 is 0 Å². The molecule has 0 radical (unpaired) electrons. The van der Waals surface area contributed by atoms with Crippen LogP contribution in [-0.2, 0) is 4.79 Å². The number of nitrogens with one attached hydrogen (secondary N) is 1. The van der Waals surface area contributed by atoms with Crippen molar-refractivity contribution in [2.75, 3.05) is 5.75 Å². The molecule has 1 aromatic carbocycles. The summed E-state index contributed by atoms with van der Waals surface area (Å²) in [5, 5.41) is 3.83. The van der Waals surface area contributed by atoms with E-state index in [2.05, 4.69) is 23.7 Å². The van der Waals surface area contributed by atoms with Crippen LogP contribution in [0.25, 0.3) is 0 Å². The van der Waals surface area contributed by atoms with E-state index in [4.69, 9.17) is 4.98 Å². The number of aromatic nitrogens is 2. The van der Waals surface area contributed by atoms with Crippen molar-refractivity contribution >= 4 is 23.5 Å². The first-order chi connectivity index (χ1) is 13.9. The third kappa shape index (κ3) is 5.30. The van der Waals surface area contributed by atoms with Gasteiger partial charge in [-0.1, -0.05) is 55.3 Å². The Labute approximate surface area is 177 Å². The maximum absolute atomic E-state index is 12.7. The molecule has 1 fully saturated rings. The summed E-state index contributed by atoms with van der Waals surface area (Å²) in [6.07, 6.45) is 6.26. The molecule has 6 heteroatoms. The Morgan fingerprint density at radius 3 is 2.45 bits per heavy atom. The van der Waals surface area contributed by atoms with Crippen molar-refractivity contribution < 1.29 is 9.59 Å². The molecular formula is C23H31N3O2S. The summed E-state index contributed by atoms with van der Waals surface area (Å²) < 4.78 is 2.37. The first kappa shape index (κ1) is 21.6. The van der Waals surface area contributed by atoms with Gasteiger partial charge in [-0.15, -0.1) is 0 Å². The summed E-state index contributed by atoms with van der Waals surface area (Å²) in [7, 11) is 0. The van der Waals surface area contributed by atoms with Crippen molar-refractivity contribution in [2.45, 2.75) is 77.0 Å². The van der Waals surface area contributed by atoms with Crippen LogP contribution in [0.2, 0.25) is 0 Å². The van der Waals surface area contributed by atoms with Crippen LogP contribution in [0.1, 0.15) is 85.3 Å². The number of carbonyl (C=O) groups is 2. The number of imidazole rings is 1. The normalized spacial score (nSPS) is 15.9. The number of rotatable bonds is 7. The topological polar surface area (TPSA) is 64.0 Å². The molecule has 1 unspecified atom stereocenters. The van der Waals surface area contributed by atoms with E-state index in [1.54, 1.807) is 11.8 Å². The van der Waals surface area contributed by atoms with Crippen LogP contribution in [0.3, 0.4) is 0 Å². The summed E-state index contributed by atoms with van der Waals surface area (Å²) in [6.45, 7) is 7.63. The Hall–Kier alpha value is -2.08. The fourth-order valence-electron chi connectivity index (χ4n) is 4.03. The lowest BCUT2D eigenvalue weighted by Crippen LogP contribution is -2.23. The van der Waals surface area contributed by atoms with Gasteiger partial charge in [0.25, 0.3) is 0 Å². The smallest absolute Gasteiger partial charge is 0.217 e. The molecule has 29 heavy (non-hydrogen) atoms. The highest BCUT2D eigenvalue weighted by molar-refractivity contribution is 7.99. The molecule has 0 aliphatic heterocycles. The Morgan fingerprint density at radius 1 is 1.17 bits per heavy atom. The maximum Gasteiger partial charge on any atom is 0.217 e. The van der Waals surface area contributed by atoms with Crippen LogP contribution < -0.4 is 5.32 Å². The van der Waals surface area contributed by atoms with Gasteiger partial charge in [0.2, 0.25) is 5.91 Å². The molecule has 3 rings (SSSR count). The van der Waals surface area contributed by atoms with Crippen LogP contribution >= 0.6 is 11.8 Å². The molecule has 1 aliphatic rings. The van der Waals surface area contributed by atoms with Crippen molar-refractivity contribution in [3.8, 4) is 0 Å². The molecule has 1 aliphatic carbocycles. The van der Waals surface area contributed by atoms with Crippen molar-refractivity contribution in [1.29, 1.82) is 0 Å². The van der Waals surface area contributed by atoms with Gasteiger partial charge in [0.1, 0.15) is 0 Å². The fourth-order valence-corrected chi connectivity index (χ4v) is 5.08. The minimum absolute atomic E-state index is 0.0619. The number of nitrogens with zero attached hydrogens (tertiary/aromatic N) is 2. The summed E-state index contributed by atoms with van der Waals surface area (Å²) in [6, 6.07) is 7.96. The monoisotopic (exact) mass is 413 g/mol. The van der Waals surface area contributed by atoms with Gasteiger partial charge < -0.3 is 9.88 Å². The predicted molar refractivity (Wildman–Crippen MR) is 118 cm³/mol. The number of amides is 1. The van der Waals surface area contributed by atoms with Crippen LogP contribution in [0.4, 0.5) is 0 Å². The number of benzene rings is 1. The maximum atomic E-state index is 12.7. The number of thioether (sulfide) groups is 1. The zero-order valence-electron chi connectivity index (χ0n) is 17.8. The molecule has 2 aromatic rings. The zero-order valence-corrected chi connectivity index (χ0v) is 18.6. The fraction of sp³-hybridized carbons (Fsp3) is 0.522. The zero-order chi connectivity index (χ0) is 21.0. The minimum Gasteiger partial charge on any atom is -0.350 e. The second-order valence-electron chi connectivity index (χ2n) is 7.98. The van der Waals surface area contributed by atoms with Gasteiger partial charge in [-0.25, -0.2) is 4.98 Å². The number of hydrogen-bond acceptors (Lipinski definition) is 4. The number of Topliss-reactive ketones (excluding diaryl/α,β-unsaturated/α-hetero) is 1. The quantitative estimate of drug-likeness (QED) is 0.502. The standard InChI is InChI=1S/C23H31N3O2S/c1-15-17(3)26(21-8-6-5-7-9-21)23(25-15)29-14-22(28)20-12-10-19(11-13-20)16(2)24-18(4)27/h10-13,16,21H,5-9,14H2,1-4H3,(H,24,27). The van der Waals surface area contributed by atoms with Crippen LogP contribution in [-0.4, -0.2) is 27.0 Å². The predicted octanol–water partition coefficient (Wildman–Crippen LogP) is 5.18. The van der Waals surface area contributed by atoms with Gasteiger partial charge >= 0.3 is 0 Å². The first-order valence-corrected chi connectivity index (χ1v) is 11.4. The summed E-state index contributed by atoms with van der Waals surface area (Å²) in [4.78, 5) is 28.7. The molecule has 1 heterocycles. The van der Waals surface area contributed by atoms with Crippen molar-refractivity contribution in [3.05, 3.63) is 46.8 Å². The first-order valence-electron chi connectivity index (χ1n) is 10.4. The largest absolute Gasteiger partial charge is 0.350 e. The molecule has 1 saturated carbocycles. The van der Waals surface area contributed by atoms with E-state index in [1.807, 2.05) is 31.2 Å². The molecule has 1 atom stereocenters. The summed E-state index contributed by atoms with van der Waals surface area (Å²) >= 11 is 1.54. The van der Waals surface area contributed by atoms with E-state index in [9.17, 15) is 9.59 Å². The lowest BCUT2D eigenvalue weighted by Gasteiger charge is -2.26. The highest BCUT2D eigenvalue weighted by Gasteiger charge is 2.22. The minimum atomic E-state index is -0.0695. The van der Waals surface area contributed by atoms with E-state index in [1.165, 1.54) is 44.7 Å². The lowest BCUT2D eigenvalue weighted by molar-refractivity contribution is -0.119. The average Bonchev–Trinajstić information content (AvgIpc) is 3.00. The second-order valence-corrected chi connectivity index (χ2v) is 8.93. The summed E-state index contributed by atoms with van der Waals surface area (Å²) in [5.74, 6) is 0.416. The Kier molecular flexibility index (Phi) is 7.17.